The molecule has 0 heterocycles. The average molecular weight is 466 g/mol. The number of hydrogen-bond acceptors (Lipinski definition) is 10. The molecular weight excluding hydrogens is 448 g/mol. The number of carboxylic acids is 1. The fourth-order valence-electron chi connectivity index (χ4n) is 2.12. The summed E-state index contributed by atoms with van der Waals surface area (Å²) in [6.45, 7) is 4.94. The second-order valence-electron chi connectivity index (χ2n) is 5.57. The summed E-state index contributed by atoms with van der Waals surface area (Å²) in [5, 5.41) is 8.46. The molecule has 0 fully saturated rings. The van der Waals surface area contributed by atoms with E-state index in [1.54, 1.807) is 0 Å². The normalized spacial score (nSPS) is 9.78. The second kappa shape index (κ2) is 12.7. The molecule has 1 rings (SSSR count). The highest BCUT2D eigenvalue weighted by Gasteiger charge is 2.26. The van der Waals surface area contributed by atoms with E-state index in [1.165, 1.54) is 0 Å². The third kappa shape index (κ3) is 7.72. The Balaban J connectivity index is 3.08. The first kappa shape index (κ1) is 26.1. The zero-order chi connectivity index (χ0) is 24.3. The van der Waals surface area contributed by atoms with E-state index < -0.39 is 70.4 Å². The quantitative estimate of drug-likeness (QED) is 0.150. The van der Waals surface area contributed by atoms with Crippen molar-refractivity contribution >= 4 is 47.6 Å². The van der Waals surface area contributed by atoms with Crippen LogP contribution in [0.2, 0.25) is 0 Å². The lowest BCUT2D eigenvalue weighted by Gasteiger charge is -2.12. The molecule has 170 valence electrons. The van der Waals surface area contributed by atoms with E-state index in [2.05, 4.69) is 35.3 Å². The van der Waals surface area contributed by atoms with Crippen molar-refractivity contribution < 1.29 is 52.8 Å². The number of carbonyl (C=O) groups excluding carboxylic acids is 5. The molecule has 1 aromatic rings. The Morgan fingerprint density at radius 2 is 1.09 bits per heavy atom. The maximum atomic E-state index is 12.3. The Morgan fingerprint density at radius 3 is 1.47 bits per heavy atom. The third-order valence-electron chi connectivity index (χ3n) is 3.51. The van der Waals surface area contributed by atoms with E-state index in [9.17, 15) is 33.9 Å². The molecule has 32 heavy (non-hydrogen) atoms. The minimum Gasteiger partial charge on any atom is -0.478 e. The number of benzene rings is 1. The molecule has 0 aliphatic rings. The van der Waals surface area contributed by atoms with E-state index in [4.69, 9.17) is 9.47 Å². The second-order valence-corrected chi connectivity index (χ2v) is 5.97. The zero-order valence-corrected chi connectivity index (χ0v) is 17.4. The molecular formula is C20H18O11S. The molecule has 0 aromatic heterocycles. The van der Waals surface area contributed by atoms with Crippen molar-refractivity contribution in [2.24, 2.45) is 0 Å². The van der Waals surface area contributed by atoms with Gasteiger partial charge in [0.15, 0.2) is 0 Å². The third-order valence-corrected chi connectivity index (χ3v) is 3.75. The van der Waals surface area contributed by atoms with Gasteiger partial charge in [0.1, 0.15) is 26.4 Å². The van der Waals surface area contributed by atoms with Crippen LogP contribution in [-0.4, -0.2) is 66.5 Å². The van der Waals surface area contributed by atoms with Gasteiger partial charge in [0.2, 0.25) is 5.12 Å². The number of hydrogen-bond donors (Lipinski definition) is 2. The van der Waals surface area contributed by atoms with Crippen molar-refractivity contribution in [3.05, 3.63) is 59.7 Å². The Morgan fingerprint density at radius 1 is 0.719 bits per heavy atom. The van der Waals surface area contributed by atoms with Gasteiger partial charge in [-0.2, -0.15) is 0 Å². The SMILES string of the molecule is C=CC(=O)OCCOC(=O)c1cc(C(=O)S)c(C(=O)OCCOC(=O)C=C)cc1C(=O)O. The first-order valence-corrected chi connectivity index (χ1v) is 9.14. The van der Waals surface area contributed by atoms with Crippen LogP contribution in [0, 0.1) is 0 Å². The highest BCUT2D eigenvalue weighted by atomic mass is 32.1. The van der Waals surface area contributed by atoms with Gasteiger partial charge in [-0.15, -0.1) is 12.6 Å². The van der Waals surface area contributed by atoms with E-state index >= 15 is 0 Å². The highest BCUT2D eigenvalue weighted by Crippen LogP contribution is 2.21. The molecule has 0 radical (unpaired) electrons. The van der Waals surface area contributed by atoms with Crippen LogP contribution in [0.4, 0.5) is 0 Å². The summed E-state index contributed by atoms with van der Waals surface area (Å²) in [4.78, 5) is 70.0. The Labute approximate surface area is 187 Å². The van der Waals surface area contributed by atoms with Crippen molar-refractivity contribution in [3.63, 3.8) is 0 Å². The number of carbonyl (C=O) groups is 6. The zero-order valence-electron chi connectivity index (χ0n) is 16.5. The predicted octanol–water partition coefficient (Wildman–Crippen LogP) is 1.23. The van der Waals surface area contributed by atoms with Gasteiger partial charge in [0, 0.05) is 17.7 Å². The van der Waals surface area contributed by atoms with E-state index in [-0.39, 0.29) is 13.2 Å². The smallest absolute Gasteiger partial charge is 0.339 e. The maximum Gasteiger partial charge on any atom is 0.339 e. The minimum absolute atomic E-state index is 0.312. The van der Waals surface area contributed by atoms with Crippen molar-refractivity contribution in [2.45, 2.75) is 0 Å². The van der Waals surface area contributed by atoms with Crippen molar-refractivity contribution in [1.82, 2.24) is 0 Å². The molecule has 0 aliphatic carbocycles. The van der Waals surface area contributed by atoms with Crippen LogP contribution in [0.1, 0.15) is 41.4 Å². The van der Waals surface area contributed by atoms with Crippen molar-refractivity contribution in [1.29, 1.82) is 0 Å². The molecule has 0 aliphatic heterocycles. The van der Waals surface area contributed by atoms with Crippen LogP contribution in [0.5, 0.6) is 0 Å². The fraction of sp³-hybridized carbons (Fsp3) is 0.200. The molecule has 0 atom stereocenters. The molecule has 0 amide bonds. The van der Waals surface area contributed by atoms with Crippen LogP contribution >= 0.6 is 12.6 Å². The largest absolute Gasteiger partial charge is 0.478 e. The summed E-state index contributed by atoms with van der Waals surface area (Å²) in [6, 6.07) is 1.59. The van der Waals surface area contributed by atoms with Crippen LogP contribution in [0.25, 0.3) is 0 Å². The number of aromatic carboxylic acids is 1. The van der Waals surface area contributed by atoms with E-state index in [0.29, 0.717) is 0 Å². The lowest BCUT2D eigenvalue weighted by molar-refractivity contribution is -0.139. The summed E-state index contributed by atoms with van der Waals surface area (Å²) in [6.07, 6.45) is 1.80. The fourth-order valence-corrected chi connectivity index (χ4v) is 2.30. The Hall–Kier alpha value is -3.93. The van der Waals surface area contributed by atoms with Gasteiger partial charge in [-0.25, -0.2) is 24.0 Å². The number of rotatable bonds is 12. The van der Waals surface area contributed by atoms with Crippen LogP contribution in [-0.2, 0) is 28.5 Å². The lowest BCUT2D eigenvalue weighted by Crippen LogP contribution is -2.20. The van der Waals surface area contributed by atoms with Gasteiger partial charge in [0.05, 0.1) is 16.7 Å². The van der Waals surface area contributed by atoms with Gasteiger partial charge in [-0.3, -0.25) is 4.79 Å². The van der Waals surface area contributed by atoms with Gasteiger partial charge in [-0.05, 0) is 12.1 Å². The molecule has 11 nitrogen and oxygen atoms in total. The van der Waals surface area contributed by atoms with Crippen molar-refractivity contribution in [3.8, 4) is 0 Å². The molecule has 0 saturated carbocycles. The molecule has 0 saturated heterocycles. The summed E-state index contributed by atoms with van der Waals surface area (Å²) < 4.78 is 18.9. The van der Waals surface area contributed by atoms with Crippen LogP contribution < -0.4 is 0 Å². The Bertz CT molecular complexity index is 887. The van der Waals surface area contributed by atoms with Crippen LogP contribution in [0.15, 0.2) is 37.4 Å². The van der Waals surface area contributed by atoms with Crippen LogP contribution in [0.3, 0.4) is 0 Å². The Kier molecular flexibility index (Phi) is 10.4. The number of esters is 4. The molecule has 1 N–H and O–H groups in total. The molecule has 0 spiro atoms. The minimum atomic E-state index is -1.60. The average Bonchev–Trinajstić information content (AvgIpc) is 2.77. The monoisotopic (exact) mass is 466 g/mol. The highest BCUT2D eigenvalue weighted by molar-refractivity contribution is 7.97. The van der Waals surface area contributed by atoms with Crippen molar-refractivity contribution in [2.75, 3.05) is 26.4 Å². The van der Waals surface area contributed by atoms with Gasteiger partial charge >= 0.3 is 29.8 Å². The van der Waals surface area contributed by atoms with E-state index in [1.807, 2.05) is 0 Å². The van der Waals surface area contributed by atoms with Gasteiger partial charge in [-0.1, -0.05) is 13.2 Å². The first-order chi connectivity index (χ1) is 15.1. The maximum absolute atomic E-state index is 12.3. The molecule has 0 unspecified atom stereocenters. The van der Waals surface area contributed by atoms with Gasteiger partial charge < -0.3 is 24.1 Å². The summed E-state index contributed by atoms with van der Waals surface area (Å²) in [5.41, 5.74) is -2.09. The number of ether oxygens (including phenoxy) is 4. The predicted molar refractivity (Wildman–Crippen MR) is 110 cm³/mol. The summed E-state index contributed by atoms with van der Waals surface area (Å²) >= 11 is 3.63. The molecule has 0 bridgehead atoms. The van der Waals surface area contributed by atoms with Gasteiger partial charge in [0.25, 0.3) is 0 Å². The van der Waals surface area contributed by atoms with E-state index in [0.717, 1.165) is 24.3 Å². The topological polar surface area (TPSA) is 160 Å². The standard InChI is InChI=1S/C20H18O11S/c1-3-15(21)28-5-7-30-18(25)12-10-14(20(27)32)13(9-11(12)17(23)24)19(26)31-8-6-29-16(22)4-2/h3-4,9-10H,1-2,5-8H2,(H,23,24)(H,27,32). The summed E-state index contributed by atoms with van der Waals surface area (Å²) in [5.74, 6) is -5.36. The number of thiol groups is 1. The first-order valence-electron chi connectivity index (χ1n) is 8.69. The number of carboxylic acid groups (broad SMARTS) is 1. The molecule has 12 heteroatoms. The lowest BCUT2D eigenvalue weighted by atomic mass is 9.98. The molecule has 1 aromatic carbocycles. The summed E-state index contributed by atoms with van der Waals surface area (Å²) in [7, 11) is 0.